The van der Waals surface area contributed by atoms with E-state index in [2.05, 4.69) is 53.4 Å². The molecule has 114 valence electrons. The highest BCUT2D eigenvalue weighted by Crippen LogP contribution is 2.32. The standard InChI is InChI=1S/C19H22N2O/c1-21-12-11-17(13-18(21)19(20)22)16-9-7-15(8-10-16)14-5-3-2-4-6-14/h2-10,17-18H,11-13H2,1H3,(H2,20,22)/t17-,18?/m1/s1. The van der Waals surface area contributed by atoms with E-state index in [4.69, 9.17) is 5.73 Å². The average molecular weight is 294 g/mol. The van der Waals surface area contributed by atoms with Crippen LogP contribution in [-0.4, -0.2) is 30.4 Å². The molecule has 0 spiro atoms. The van der Waals surface area contributed by atoms with Crippen LogP contribution in [0.1, 0.15) is 24.3 Å². The van der Waals surface area contributed by atoms with E-state index in [0.29, 0.717) is 5.92 Å². The van der Waals surface area contributed by atoms with E-state index < -0.39 is 0 Å². The van der Waals surface area contributed by atoms with E-state index in [9.17, 15) is 4.79 Å². The summed E-state index contributed by atoms with van der Waals surface area (Å²) in [5.41, 5.74) is 9.28. The fourth-order valence-corrected chi connectivity index (χ4v) is 3.30. The summed E-state index contributed by atoms with van der Waals surface area (Å²) in [6.07, 6.45) is 1.89. The molecule has 3 nitrogen and oxygen atoms in total. The van der Waals surface area contributed by atoms with Crippen LogP contribution in [0.2, 0.25) is 0 Å². The molecule has 1 aliphatic rings. The largest absolute Gasteiger partial charge is 0.368 e. The third-order valence-electron chi connectivity index (χ3n) is 4.69. The van der Waals surface area contributed by atoms with Crippen molar-refractivity contribution in [2.45, 2.75) is 24.8 Å². The van der Waals surface area contributed by atoms with Gasteiger partial charge in [-0.3, -0.25) is 9.69 Å². The second kappa shape index (κ2) is 6.32. The summed E-state index contributed by atoms with van der Waals surface area (Å²) in [5, 5.41) is 0. The van der Waals surface area contributed by atoms with Gasteiger partial charge in [-0.05, 0) is 49.0 Å². The fourth-order valence-electron chi connectivity index (χ4n) is 3.30. The maximum absolute atomic E-state index is 11.6. The lowest BCUT2D eigenvalue weighted by molar-refractivity contribution is -0.124. The molecule has 0 saturated carbocycles. The number of primary amides is 1. The summed E-state index contributed by atoms with van der Waals surface area (Å²) >= 11 is 0. The SMILES string of the molecule is CN1CC[C@@H](c2ccc(-c3ccccc3)cc2)CC1C(N)=O. The van der Waals surface area contributed by atoms with E-state index in [-0.39, 0.29) is 11.9 Å². The molecular formula is C19H22N2O. The van der Waals surface area contributed by atoms with Crippen molar-refractivity contribution in [3.8, 4) is 11.1 Å². The average Bonchev–Trinajstić information content (AvgIpc) is 2.56. The Balaban J connectivity index is 1.77. The van der Waals surface area contributed by atoms with Gasteiger partial charge in [0, 0.05) is 0 Å². The Morgan fingerprint density at radius 2 is 1.68 bits per heavy atom. The van der Waals surface area contributed by atoms with Gasteiger partial charge in [-0.15, -0.1) is 0 Å². The molecule has 2 aromatic carbocycles. The van der Waals surface area contributed by atoms with Crippen molar-refractivity contribution in [1.82, 2.24) is 4.90 Å². The lowest BCUT2D eigenvalue weighted by Gasteiger charge is -2.35. The number of rotatable bonds is 3. The van der Waals surface area contributed by atoms with Crippen LogP contribution < -0.4 is 5.73 Å². The number of hydrogen-bond donors (Lipinski definition) is 1. The van der Waals surface area contributed by atoms with Gasteiger partial charge >= 0.3 is 0 Å². The van der Waals surface area contributed by atoms with Crippen LogP contribution in [-0.2, 0) is 4.79 Å². The molecule has 2 aromatic rings. The van der Waals surface area contributed by atoms with Crippen LogP contribution in [0, 0.1) is 0 Å². The van der Waals surface area contributed by atoms with Gasteiger partial charge in [-0.2, -0.15) is 0 Å². The summed E-state index contributed by atoms with van der Waals surface area (Å²) in [5.74, 6) is 0.201. The Hall–Kier alpha value is -2.13. The summed E-state index contributed by atoms with van der Waals surface area (Å²) in [6, 6.07) is 18.9. The van der Waals surface area contributed by atoms with Crippen LogP contribution in [0.4, 0.5) is 0 Å². The van der Waals surface area contributed by atoms with Crippen molar-refractivity contribution in [1.29, 1.82) is 0 Å². The monoisotopic (exact) mass is 294 g/mol. The number of hydrogen-bond acceptors (Lipinski definition) is 2. The number of carbonyl (C=O) groups excluding carboxylic acids is 1. The number of benzene rings is 2. The lowest BCUT2D eigenvalue weighted by Crippen LogP contribution is -2.47. The zero-order valence-corrected chi connectivity index (χ0v) is 12.9. The summed E-state index contributed by atoms with van der Waals surface area (Å²) in [7, 11) is 1.98. The molecule has 1 unspecified atom stereocenters. The Morgan fingerprint density at radius 3 is 2.32 bits per heavy atom. The van der Waals surface area contributed by atoms with Gasteiger partial charge in [-0.25, -0.2) is 0 Å². The molecule has 2 atom stereocenters. The first-order valence-corrected chi connectivity index (χ1v) is 7.80. The number of amides is 1. The second-order valence-corrected chi connectivity index (χ2v) is 6.11. The predicted octanol–water partition coefficient (Wildman–Crippen LogP) is 3.02. The molecular weight excluding hydrogens is 272 g/mol. The summed E-state index contributed by atoms with van der Waals surface area (Å²) in [4.78, 5) is 13.6. The van der Waals surface area contributed by atoms with Gasteiger partial charge in [0.25, 0.3) is 0 Å². The minimum Gasteiger partial charge on any atom is -0.368 e. The number of nitrogens with two attached hydrogens (primary N) is 1. The minimum atomic E-state index is -0.215. The molecule has 3 rings (SSSR count). The molecule has 0 bridgehead atoms. The van der Waals surface area contributed by atoms with E-state index in [1.165, 1.54) is 16.7 Å². The van der Waals surface area contributed by atoms with Crippen molar-refractivity contribution in [3.63, 3.8) is 0 Å². The van der Waals surface area contributed by atoms with E-state index >= 15 is 0 Å². The van der Waals surface area contributed by atoms with Crippen molar-refractivity contribution in [2.24, 2.45) is 5.73 Å². The summed E-state index contributed by atoms with van der Waals surface area (Å²) in [6.45, 7) is 0.915. The Kier molecular flexibility index (Phi) is 4.25. The highest BCUT2D eigenvalue weighted by molar-refractivity contribution is 5.80. The first kappa shape index (κ1) is 14.8. The number of nitrogens with zero attached hydrogens (tertiary/aromatic N) is 1. The van der Waals surface area contributed by atoms with E-state index in [0.717, 1.165) is 19.4 Å². The van der Waals surface area contributed by atoms with Gasteiger partial charge in [0.15, 0.2) is 0 Å². The van der Waals surface area contributed by atoms with Gasteiger partial charge in [-0.1, -0.05) is 54.6 Å². The third kappa shape index (κ3) is 3.04. The molecule has 0 radical (unpaired) electrons. The number of likely N-dealkylation sites (N-methyl/N-ethyl adjacent to an activating group) is 1. The fraction of sp³-hybridized carbons (Fsp3) is 0.316. The van der Waals surface area contributed by atoms with Gasteiger partial charge < -0.3 is 5.73 Å². The van der Waals surface area contributed by atoms with Crippen molar-refractivity contribution < 1.29 is 4.79 Å². The molecule has 1 saturated heterocycles. The molecule has 0 aliphatic carbocycles. The van der Waals surface area contributed by atoms with Crippen LogP contribution in [0.25, 0.3) is 11.1 Å². The molecule has 0 aromatic heterocycles. The van der Waals surface area contributed by atoms with E-state index in [1.54, 1.807) is 0 Å². The van der Waals surface area contributed by atoms with Crippen molar-refractivity contribution in [3.05, 3.63) is 60.2 Å². The van der Waals surface area contributed by atoms with Crippen molar-refractivity contribution in [2.75, 3.05) is 13.6 Å². The normalized spacial score (nSPS) is 22.4. The first-order chi connectivity index (χ1) is 10.6. The Labute approximate surface area is 131 Å². The maximum atomic E-state index is 11.6. The van der Waals surface area contributed by atoms with Crippen LogP contribution >= 0.6 is 0 Å². The zero-order chi connectivity index (χ0) is 15.5. The topological polar surface area (TPSA) is 46.3 Å². The molecule has 2 N–H and O–H groups in total. The number of piperidine rings is 1. The van der Waals surface area contributed by atoms with E-state index in [1.807, 2.05) is 13.1 Å². The maximum Gasteiger partial charge on any atom is 0.234 e. The molecule has 1 amide bonds. The molecule has 3 heteroatoms. The smallest absolute Gasteiger partial charge is 0.234 e. The molecule has 1 aliphatic heterocycles. The number of carbonyl (C=O) groups is 1. The lowest BCUT2D eigenvalue weighted by atomic mass is 9.84. The summed E-state index contributed by atoms with van der Waals surface area (Å²) < 4.78 is 0. The molecule has 1 fully saturated rings. The van der Waals surface area contributed by atoms with Gasteiger partial charge in [0.1, 0.15) is 0 Å². The highest BCUT2D eigenvalue weighted by Gasteiger charge is 2.30. The Bertz CT molecular complexity index is 636. The second-order valence-electron chi connectivity index (χ2n) is 6.11. The van der Waals surface area contributed by atoms with Crippen LogP contribution in [0.3, 0.4) is 0 Å². The molecule has 22 heavy (non-hydrogen) atoms. The molecule has 1 heterocycles. The van der Waals surface area contributed by atoms with Gasteiger partial charge in [0.05, 0.1) is 6.04 Å². The van der Waals surface area contributed by atoms with Crippen LogP contribution in [0.15, 0.2) is 54.6 Å². The third-order valence-corrected chi connectivity index (χ3v) is 4.69. The highest BCUT2D eigenvalue weighted by atomic mass is 16.1. The predicted molar refractivity (Wildman–Crippen MR) is 89.5 cm³/mol. The van der Waals surface area contributed by atoms with Crippen molar-refractivity contribution >= 4 is 5.91 Å². The zero-order valence-electron chi connectivity index (χ0n) is 12.9. The minimum absolute atomic E-state index is 0.146. The van der Waals surface area contributed by atoms with Gasteiger partial charge in [0.2, 0.25) is 5.91 Å². The Morgan fingerprint density at radius 1 is 1.05 bits per heavy atom. The van der Waals surface area contributed by atoms with Crippen LogP contribution in [0.5, 0.6) is 0 Å². The quantitative estimate of drug-likeness (QED) is 0.946. The number of likely N-dealkylation sites (tertiary alicyclic amines) is 1. The first-order valence-electron chi connectivity index (χ1n) is 7.80.